The molecule has 0 unspecified atom stereocenters. The second kappa shape index (κ2) is 4.89. The normalized spacial score (nSPS) is 15.8. The maximum Gasteiger partial charge on any atom is 0.123 e. The number of benzene rings is 1. The number of thiocarbonyl (C=S) groups is 1. The van der Waals surface area contributed by atoms with Crippen molar-refractivity contribution in [1.29, 1.82) is 0 Å². The predicted molar refractivity (Wildman–Crippen MR) is 64.7 cm³/mol. The molecule has 1 aliphatic carbocycles. The van der Waals surface area contributed by atoms with E-state index in [-0.39, 0.29) is 10.8 Å². The van der Waals surface area contributed by atoms with Gasteiger partial charge in [0.15, 0.2) is 0 Å². The van der Waals surface area contributed by atoms with Crippen molar-refractivity contribution in [2.24, 2.45) is 5.73 Å². The second-order valence-electron chi connectivity index (χ2n) is 4.03. The Morgan fingerprint density at radius 1 is 1.50 bits per heavy atom. The summed E-state index contributed by atoms with van der Waals surface area (Å²) in [7, 11) is 0. The van der Waals surface area contributed by atoms with Gasteiger partial charge in [-0.2, -0.15) is 0 Å². The summed E-state index contributed by atoms with van der Waals surface area (Å²) < 4.78 is 18.7. The van der Waals surface area contributed by atoms with Crippen molar-refractivity contribution < 1.29 is 9.13 Å². The summed E-state index contributed by atoms with van der Waals surface area (Å²) in [6.45, 7) is 0.384. The van der Waals surface area contributed by atoms with Gasteiger partial charge >= 0.3 is 0 Å². The van der Waals surface area contributed by atoms with Crippen LogP contribution in [-0.2, 0) is 11.3 Å². The SMILES string of the molecule is NC(=S)c1ccc(F)cc1COC1CCC1. The fourth-order valence-electron chi connectivity index (χ4n) is 1.67. The quantitative estimate of drug-likeness (QED) is 0.820. The maximum atomic E-state index is 13.1. The zero-order valence-electron chi connectivity index (χ0n) is 8.91. The smallest absolute Gasteiger partial charge is 0.123 e. The van der Waals surface area contributed by atoms with Crippen LogP contribution in [0.3, 0.4) is 0 Å². The summed E-state index contributed by atoms with van der Waals surface area (Å²) in [6, 6.07) is 4.41. The molecule has 86 valence electrons. The van der Waals surface area contributed by atoms with Crippen molar-refractivity contribution in [1.82, 2.24) is 0 Å². The first-order valence-corrected chi connectivity index (χ1v) is 5.77. The zero-order valence-corrected chi connectivity index (χ0v) is 9.73. The van der Waals surface area contributed by atoms with Gasteiger partial charge in [-0.1, -0.05) is 12.2 Å². The Morgan fingerprint density at radius 2 is 2.25 bits per heavy atom. The topological polar surface area (TPSA) is 35.2 Å². The van der Waals surface area contributed by atoms with Crippen molar-refractivity contribution in [3.05, 3.63) is 35.1 Å². The average molecular weight is 239 g/mol. The molecule has 0 heterocycles. The molecule has 16 heavy (non-hydrogen) atoms. The first kappa shape index (κ1) is 11.5. The molecule has 1 aromatic carbocycles. The van der Waals surface area contributed by atoms with E-state index < -0.39 is 0 Å². The Labute approximate surface area is 99.6 Å². The van der Waals surface area contributed by atoms with E-state index in [1.165, 1.54) is 18.6 Å². The van der Waals surface area contributed by atoms with Crippen LogP contribution in [-0.4, -0.2) is 11.1 Å². The molecular formula is C12H14FNOS. The van der Waals surface area contributed by atoms with Gasteiger partial charge in [-0.05, 0) is 43.0 Å². The van der Waals surface area contributed by atoms with Gasteiger partial charge in [-0.25, -0.2) is 4.39 Å². The van der Waals surface area contributed by atoms with Crippen LogP contribution in [0.25, 0.3) is 0 Å². The number of rotatable bonds is 4. The van der Waals surface area contributed by atoms with Crippen LogP contribution in [0, 0.1) is 5.82 Å². The third kappa shape index (κ3) is 2.57. The van der Waals surface area contributed by atoms with Crippen LogP contribution in [0.5, 0.6) is 0 Å². The highest BCUT2D eigenvalue weighted by Gasteiger charge is 2.18. The molecule has 4 heteroatoms. The van der Waals surface area contributed by atoms with E-state index in [9.17, 15) is 4.39 Å². The summed E-state index contributed by atoms with van der Waals surface area (Å²) in [5.41, 5.74) is 7.01. The molecular weight excluding hydrogens is 225 g/mol. The summed E-state index contributed by atoms with van der Waals surface area (Å²) in [6.07, 6.45) is 3.73. The summed E-state index contributed by atoms with van der Waals surface area (Å²) in [5, 5.41) is 0. The second-order valence-corrected chi connectivity index (χ2v) is 4.47. The number of ether oxygens (including phenoxy) is 1. The van der Waals surface area contributed by atoms with E-state index in [2.05, 4.69) is 0 Å². The molecule has 0 aliphatic heterocycles. The molecule has 0 radical (unpaired) electrons. The number of hydrogen-bond donors (Lipinski definition) is 1. The number of hydrogen-bond acceptors (Lipinski definition) is 2. The largest absolute Gasteiger partial charge is 0.389 e. The van der Waals surface area contributed by atoms with E-state index in [1.54, 1.807) is 6.07 Å². The van der Waals surface area contributed by atoms with Gasteiger partial charge in [0.2, 0.25) is 0 Å². The fraction of sp³-hybridized carbons (Fsp3) is 0.417. The summed E-state index contributed by atoms with van der Waals surface area (Å²) in [5.74, 6) is -0.285. The number of nitrogens with two attached hydrogens (primary N) is 1. The van der Waals surface area contributed by atoms with Crippen molar-refractivity contribution in [2.75, 3.05) is 0 Å². The van der Waals surface area contributed by atoms with Gasteiger partial charge in [-0.3, -0.25) is 0 Å². The monoisotopic (exact) mass is 239 g/mol. The number of halogens is 1. The molecule has 0 saturated heterocycles. The molecule has 1 aliphatic rings. The highest BCUT2D eigenvalue weighted by molar-refractivity contribution is 7.80. The van der Waals surface area contributed by atoms with E-state index in [1.807, 2.05) is 0 Å². The van der Waals surface area contributed by atoms with Crippen LogP contribution in [0.2, 0.25) is 0 Å². The van der Waals surface area contributed by atoms with Crippen LogP contribution >= 0.6 is 12.2 Å². The Kier molecular flexibility index (Phi) is 3.51. The molecule has 1 fully saturated rings. The summed E-state index contributed by atoms with van der Waals surface area (Å²) in [4.78, 5) is 0.284. The van der Waals surface area contributed by atoms with Crippen LogP contribution in [0.4, 0.5) is 4.39 Å². The van der Waals surface area contributed by atoms with E-state index in [0.29, 0.717) is 18.3 Å². The van der Waals surface area contributed by atoms with Crippen molar-refractivity contribution in [2.45, 2.75) is 32.0 Å². The molecule has 1 aromatic rings. The standard InChI is InChI=1S/C12H14FNOS/c13-9-4-5-11(12(14)16)8(6-9)7-15-10-2-1-3-10/h4-6,10H,1-3,7H2,(H2,14,16). The first-order chi connectivity index (χ1) is 7.66. The maximum absolute atomic E-state index is 13.1. The van der Waals surface area contributed by atoms with Gasteiger partial charge in [0.05, 0.1) is 12.7 Å². The first-order valence-electron chi connectivity index (χ1n) is 5.36. The minimum absolute atomic E-state index is 0.284. The molecule has 2 N–H and O–H groups in total. The van der Waals surface area contributed by atoms with Gasteiger partial charge in [0.25, 0.3) is 0 Å². The molecule has 0 atom stereocenters. The lowest BCUT2D eigenvalue weighted by molar-refractivity contribution is -0.00879. The lowest BCUT2D eigenvalue weighted by Gasteiger charge is -2.25. The van der Waals surface area contributed by atoms with Gasteiger partial charge in [-0.15, -0.1) is 0 Å². The molecule has 2 rings (SSSR count). The highest BCUT2D eigenvalue weighted by Crippen LogP contribution is 2.24. The van der Waals surface area contributed by atoms with Crippen molar-refractivity contribution in [3.8, 4) is 0 Å². The van der Waals surface area contributed by atoms with E-state index >= 15 is 0 Å². The van der Waals surface area contributed by atoms with Crippen LogP contribution < -0.4 is 5.73 Å². The molecule has 0 bridgehead atoms. The van der Waals surface area contributed by atoms with Crippen LogP contribution in [0.1, 0.15) is 30.4 Å². The molecule has 2 nitrogen and oxygen atoms in total. The zero-order chi connectivity index (χ0) is 11.5. The third-order valence-corrected chi connectivity index (χ3v) is 3.08. The van der Waals surface area contributed by atoms with Gasteiger partial charge in [0, 0.05) is 5.56 Å². The van der Waals surface area contributed by atoms with E-state index in [4.69, 9.17) is 22.7 Å². The van der Waals surface area contributed by atoms with Gasteiger partial charge in [0.1, 0.15) is 10.8 Å². The average Bonchev–Trinajstić information content (AvgIpc) is 2.14. The van der Waals surface area contributed by atoms with Gasteiger partial charge < -0.3 is 10.5 Å². The highest BCUT2D eigenvalue weighted by atomic mass is 32.1. The predicted octanol–water partition coefficient (Wildman–Crippen LogP) is 2.53. The minimum Gasteiger partial charge on any atom is -0.389 e. The molecule has 1 saturated carbocycles. The minimum atomic E-state index is -0.285. The Bertz CT molecular complexity index is 404. The Balaban J connectivity index is 2.09. The van der Waals surface area contributed by atoms with Crippen molar-refractivity contribution in [3.63, 3.8) is 0 Å². The van der Waals surface area contributed by atoms with Crippen molar-refractivity contribution >= 4 is 17.2 Å². The third-order valence-electron chi connectivity index (χ3n) is 2.86. The fourth-order valence-corrected chi connectivity index (χ4v) is 1.87. The Hall–Kier alpha value is -1.00. The summed E-state index contributed by atoms with van der Waals surface area (Å²) >= 11 is 4.91. The lowest BCUT2D eigenvalue weighted by atomic mass is 9.96. The lowest BCUT2D eigenvalue weighted by Crippen LogP contribution is -2.22. The Morgan fingerprint density at radius 3 is 2.81 bits per heavy atom. The molecule has 0 amide bonds. The molecule has 0 spiro atoms. The van der Waals surface area contributed by atoms with E-state index in [0.717, 1.165) is 18.4 Å². The molecule has 0 aromatic heterocycles. The van der Waals surface area contributed by atoms with Crippen LogP contribution in [0.15, 0.2) is 18.2 Å².